The highest BCUT2D eigenvalue weighted by molar-refractivity contribution is 9.10. The van der Waals surface area contributed by atoms with E-state index in [0.29, 0.717) is 0 Å². The van der Waals surface area contributed by atoms with Gasteiger partial charge in [0.05, 0.1) is 6.04 Å². The van der Waals surface area contributed by atoms with Crippen LogP contribution in [0.4, 0.5) is 0 Å². The number of nitrogens with one attached hydrogen (secondary N) is 1. The molecule has 17 heavy (non-hydrogen) atoms. The predicted molar refractivity (Wildman–Crippen MR) is 75.8 cm³/mol. The van der Waals surface area contributed by atoms with Gasteiger partial charge >= 0.3 is 0 Å². The fourth-order valence-corrected chi connectivity index (χ4v) is 2.86. The highest BCUT2D eigenvalue weighted by atomic mass is 79.9. The van der Waals surface area contributed by atoms with Crippen LogP contribution in [0, 0.1) is 0 Å². The molecule has 92 valence electrons. The molecule has 0 amide bonds. The van der Waals surface area contributed by atoms with Crippen LogP contribution in [-0.4, -0.2) is 0 Å². The van der Waals surface area contributed by atoms with E-state index in [-0.39, 0.29) is 6.04 Å². The van der Waals surface area contributed by atoms with Gasteiger partial charge in [0, 0.05) is 9.50 Å². The van der Waals surface area contributed by atoms with Crippen molar-refractivity contribution in [2.75, 3.05) is 0 Å². The topological polar surface area (TPSA) is 38.0 Å². The second-order valence-electron chi connectivity index (χ2n) is 4.29. The summed E-state index contributed by atoms with van der Waals surface area (Å²) in [5, 5.41) is 0.752. The Morgan fingerprint density at radius 3 is 2.82 bits per heavy atom. The van der Waals surface area contributed by atoms with Crippen molar-refractivity contribution in [1.82, 2.24) is 5.43 Å². The Hall–Kier alpha value is -0.350. The lowest BCUT2D eigenvalue weighted by atomic mass is 9.90. The van der Waals surface area contributed by atoms with E-state index < -0.39 is 0 Å². The Kier molecular flexibility index (Phi) is 4.62. The fraction of sp³-hybridized carbons (Fsp3) is 0.385. The van der Waals surface area contributed by atoms with Crippen molar-refractivity contribution in [2.24, 2.45) is 5.84 Å². The molecular formula is C13H16BrClN2. The van der Waals surface area contributed by atoms with Crippen LogP contribution in [0.1, 0.15) is 37.3 Å². The molecule has 0 radical (unpaired) electrons. The second-order valence-corrected chi connectivity index (χ2v) is 5.61. The van der Waals surface area contributed by atoms with E-state index >= 15 is 0 Å². The van der Waals surface area contributed by atoms with Crippen LogP contribution < -0.4 is 11.3 Å². The minimum absolute atomic E-state index is 0.0281. The number of nitrogens with two attached hydrogens (primary N) is 1. The number of benzene rings is 1. The molecule has 1 aliphatic carbocycles. The first-order chi connectivity index (χ1) is 8.22. The molecule has 0 aromatic heterocycles. The molecule has 0 saturated heterocycles. The van der Waals surface area contributed by atoms with E-state index in [4.69, 9.17) is 17.4 Å². The standard InChI is InChI=1S/C13H16BrClN2/c14-10-6-7-12(15)11(8-10)13(17-16)9-4-2-1-3-5-9/h4,6-8,13,17H,1-3,5,16H2. The zero-order chi connectivity index (χ0) is 12.3. The van der Waals surface area contributed by atoms with Gasteiger partial charge in [-0.15, -0.1) is 0 Å². The third-order valence-electron chi connectivity index (χ3n) is 3.13. The van der Waals surface area contributed by atoms with Crippen LogP contribution in [-0.2, 0) is 0 Å². The lowest BCUT2D eigenvalue weighted by molar-refractivity contribution is 0.566. The van der Waals surface area contributed by atoms with E-state index in [1.807, 2.05) is 18.2 Å². The number of halogens is 2. The molecule has 0 saturated carbocycles. The summed E-state index contributed by atoms with van der Waals surface area (Å²) in [5.74, 6) is 5.69. The maximum Gasteiger partial charge on any atom is 0.0684 e. The lowest BCUT2D eigenvalue weighted by Gasteiger charge is -2.24. The van der Waals surface area contributed by atoms with Crippen molar-refractivity contribution in [3.63, 3.8) is 0 Å². The first kappa shape index (κ1) is 13.1. The predicted octanol–water partition coefficient (Wildman–Crippen LogP) is 4.11. The van der Waals surface area contributed by atoms with Crippen LogP contribution in [0.5, 0.6) is 0 Å². The number of hydrazine groups is 1. The molecule has 0 spiro atoms. The number of allylic oxidation sites excluding steroid dienone is 1. The summed E-state index contributed by atoms with van der Waals surface area (Å²) >= 11 is 9.72. The minimum atomic E-state index is 0.0281. The Bertz CT molecular complexity index is 431. The summed E-state index contributed by atoms with van der Waals surface area (Å²) in [6.07, 6.45) is 7.02. The summed E-state index contributed by atoms with van der Waals surface area (Å²) < 4.78 is 1.02. The van der Waals surface area contributed by atoms with Gasteiger partial charge in [0.1, 0.15) is 0 Å². The zero-order valence-corrected chi connectivity index (χ0v) is 11.9. The Labute approximate surface area is 115 Å². The lowest BCUT2D eigenvalue weighted by Crippen LogP contribution is -2.30. The molecule has 1 unspecified atom stereocenters. The molecule has 0 bridgehead atoms. The third-order valence-corrected chi connectivity index (χ3v) is 3.97. The van der Waals surface area contributed by atoms with Gasteiger partial charge in [-0.1, -0.05) is 39.2 Å². The quantitative estimate of drug-likeness (QED) is 0.500. The summed E-state index contributed by atoms with van der Waals surface area (Å²) in [7, 11) is 0. The van der Waals surface area contributed by atoms with Crippen molar-refractivity contribution < 1.29 is 0 Å². The van der Waals surface area contributed by atoms with Crippen LogP contribution in [0.25, 0.3) is 0 Å². The number of rotatable bonds is 3. The molecule has 0 heterocycles. The molecule has 1 aromatic carbocycles. The average Bonchev–Trinajstić information content (AvgIpc) is 2.36. The van der Waals surface area contributed by atoms with Gasteiger partial charge in [-0.2, -0.15) is 0 Å². The maximum atomic E-state index is 6.25. The first-order valence-electron chi connectivity index (χ1n) is 5.82. The van der Waals surface area contributed by atoms with E-state index in [9.17, 15) is 0 Å². The normalized spacial score (nSPS) is 17.7. The van der Waals surface area contributed by atoms with Gasteiger partial charge in [-0.3, -0.25) is 5.84 Å². The van der Waals surface area contributed by atoms with Gasteiger partial charge in [-0.05, 0) is 49.4 Å². The van der Waals surface area contributed by atoms with Crippen LogP contribution in [0.2, 0.25) is 5.02 Å². The Morgan fingerprint density at radius 1 is 1.35 bits per heavy atom. The molecule has 1 aliphatic rings. The molecule has 0 aliphatic heterocycles. The van der Waals surface area contributed by atoms with Crippen molar-refractivity contribution in [3.8, 4) is 0 Å². The SMILES string of the molecule is NNC(C1=CCCCC1)c1cc(Br)ccc1Cl. The van der Waals surface area contributed by atoms with Gasteiger partial charge in [0.25, 0.3) is 0 Å². The molecule has 2 rings (SSSR count). The van der Waals surface area contributed by atoms with Gasteiger partial charge in [-0.25, -0.2) is 5.43 Å². The maximum absolute atomic E-state index is 6.25. The van der Waals surface area contributed by atoms with Gasteiger partial charge < -0.3 is 0 Å². The van der Waals surface area contributed by atoms with Crippen molar-refractivity contribution in [1.29, 1.82) is 0 Å². The van der Waals surface area contributed by atoms with Crippen molar-refractivity contribution in [2.45, 2.75) is 31.7 Å². The second kappa shape index (κ2) is 6.01. The zero-order valence-electron chi connectivity index (χ0n) is 9.55. The minimum Gasteiger partial charge on any atom is -0.271 e. The van der Waals surface area contributed by atoms with Gasteiger partial charge in [0.15, 0.2) is 0 Å². The van der Waals surface area contributed by atoms with Crippen LogP contribution in [0.15, 0.2) is 34.3 Å². The molecule has 0 fully saturated rings. The number of hydrogen-bond acceptors (Lipinski definition) is 2. The smallest absolute Gasteiger partial charge is 0.0684 e. The van der Waals surface area contributed by atoms with Crippen LogP contribution >= 0.6 is 27.5 Å². The van der Waals surface area contributed by atoms with Crippen molar-refractivity contribution in [3.05, 3.63) is 44.9 Å². The monoisotopic (exact) mass is 314 g/mol. The molecule has 1 aromatic rings. The summed E-state index contributed by atoms with van der Waals surface area (Å²) in [6, 6.07) is 5.89. The summed E-state index contributed by atoms with van der Waals surface area (Å²) in [5.41, 5.74) is 5.27. The van der Waals surface area contributed by atoms with E-state index in [1.54, 1.807) is 0 Å². The molecular weight excluding hydrogens is 300 g/mol. The van der Waals surface area contributed by atoms with E-state index in [2.05, 4.69) is 27.4 Å². The average molecular weight is 316 g/mol. The largest absolute Gasteiger partial charge is 0.271 e. The van der Waals surface area contributed by atoms with E-state index in [1.165, 1.54) is 18.4 Å². The van der Waals surface area contributed by atoms with E-state index in [0.717, 1.165) is 27.9 Å². The summed E-state index contributed by atoms with van der Waals surface area (Å²) in [6.45, 7) is 0. The first-order valence-corrected chi connectivity index (χ1v) is 6.99. The Balaban J connectivity index is 2.34. The van der Waals surface area contributed by atoms with Gasteiger partial charge in [0.2, 0.25) is 0 Å². The third kappa shape index (κ3) is 3.10. The Morgan fingerprint density at radius 2 is 2.18 bits per heavy atom. The van der Waals surface area contributed by atoms with Crippen LogP contribution in [0.3, 0.4) is 0 Å². The highest BCUT2D eigenvalue weighted by Crippen LogP contribution is 2.34. The molecule has 1 atom stereocenters. The summed E-state index contributed by atoms with van der Waals surface area (Å²) in [4.78, 5) is 0. The molecule has 2 nitrogen and oxygen atoms in total. The number of hydrogen-bond donors (Lipinski definition) is 2. The molecule has 3 N–H and O–H groups in total. The van der Waals surface area contributed by atoms with Crippen molar-refractivity contribution >= 4 is 27.5 Å². The molecule has 4 heteroatoms. The highest BCUT2D eigenvalue weighted by Gasteiger charge is 2.19. The fourth-order valence-electron chi connectivity index (χ4n) is 2.26.